The third-order valence-electron chi connectivity index (χ3n) is 3.28. The second-order valence-electron chi connectivity index (χ2n) is 4.62. The van der Waals surface area contributed by atoms with Gasteiger partial charge in [0.05, 0.1) is 18.3 Å². The summed E-state index contributed by atoms with van der Waals surface area (Å²) in [5.74, 6) is 0. The van der Waals surface area contributed by atoms with Gasteiger partial charge in [-0.15, -0.1) is 0 Å². The van der Waals surface area contributed by atoms with Gasteiger partial charge < -0.3 is 0 Å². The van der Waals surface area contributed by atoms with Crippen LogP contribution in [0.1, 0.15) is 38.4 Å². The quantitative estimate of drug-likeness (QED) is 0.914. The molecule has 0 bridgehead atoms. The van der Waals surface area contributed by atoms with Gasteiger partial charge in [0.15, 0.2) is 0 Å². The maximum absolute atomic E-state index is 11.7. The van der Waals surface area contributed by atoms with Crippen LogP contribution in [0, 0.1) is 0 Å². The van der Waals surface area contributed by atoms with Crippen molar-refractivity contribution in [2.45, 2.75) is 39.3 Å². The largest absolute Gasteiger partial charge is 0.328 e. The van der Waals surface area contributed by atoms with Crippen LogP contribution < -0.4 is 11.2 Å². The molecule has 1 N–H and O–H groups in total. The van der Waals surface area contributed by atoms with Gasteiger partial charge in [0.2, 0.25) is 0 Å². The van der Waals surface area contributed by atoms with E-state index in [1.54, 1.807) is 0 Å². The zero-order chi connectivity index (χ0) is 14.7. The average Bonchev–Trinajstić information content (AvgIpc) is 2.86. The van der Waals surface area contributed by atoms with Crippen LogP contribution in [0.4, 0.5) is 0 Å². The molecule has 20 heavy (non-hydrogen) atoms. The third kappa shape index (κ3) is 3.01. The molecule has 0 unspecified atom stereocenters. The fourth-order valence-electron chi connectivity index (χ4n) is 2.10. The van der Waals surface area contributed by atoms with Crippen LogP contribution in [-0.4, -0.2) is 19.3 Å². The van der Waals surface area contributed by atoms with Gasteiger partial charge in [-0.2, -0.15) is 5.10 Å². The summed E-state index contributed by atoms with van der Waals surface area (Å²) in [7, 11) is 0. The van der Waals surface area contributed by atoms with E-state index in [1.165, 1.54) is 10.8 Å². The van der Waals surface area contributed by atoms with Gasteiger partial charge >= 0.3 is 5.69 Å². The second kappa shape index (κ2) is 6.09. The Balaban J connectivity index is 2.25. The van der Waals surface area contributed by atoms with E-state index in [1.807, 2.05) is 16.9 Å². The predicted octanol–water partition coefficient (Wildman–Crippen LogP) is 1.80. The number of halogens is 1. The summed E-state index contributed by atoms with van der Waals surface area (Å²) < 4.78 is 3.25. The van der Waals surface area contributed by atoms with E-state index in [0.717, 1.165) is 18.5 Å². The first-order valence-corrected chi connectivity index (χ1v) is 6.96. The van der Waals surface area contributed by atoms with Crippen molar-refractivity contribution in [1.29, 1.82) is 0 Å². The van der Waals surface area contributed by atoms with Gasteiger partial charge in [-0.3, -0.25) is 19.0 Å². The van der Waals surface area contributed by atoms with E-state index in [-0.39, 0.29) is 11.6 Å². The lowest BCUT2D eigenvalue weighted by Gasteiger charge is -2.12. The van der Waals surface area contributed by atoms with Crippen LogP contribution in [0.5, 0.6) is 0 Å². The van der Waals surface area contributed by atoms with Crippen LogP contribution >= 0.6 is 11.6 Å². The standard InChI is InChI=1S/C13H17ClN4O2/c1-3-10(4-2)18-6-5-9(16-18)7-17-8-11(14)12(19)15-13(17)20/h5-6,8,10H,3-4,7H2,1-2H3,(H,15,19,20). The first kappa shape index (κ1) is 14.6. The Morgan fingerprint density at radius 1 is 1.35 bits per heavy atom. The molecule has 0 atom stereocenters. The summed E-state index contributed by atoms with van der Waals surface area (Å²) >= 11 is 5.72. The summed E-state index contributed by atoms with van der Waals surface area (Å²) in [4.78, 5) is 25.0. The van der Waals surface area contributed by atoms with E-state index in [4.69, 9.17) is 11.6 Å². The van der Waals surface area contributed by atoms with E-state index < -0.39 is 11.2 Å². The number of hydrogen-bond acceptors (Lipinski definition) is 3. The number of H-pyrrole nitrogens is 1. The predicted molar refractivity (Wildman–Crippen MR) is 77.3 cm³/mol. The minimum Gasteiger partial charge on any atom is -0.293 e. The average molecular weight is 297 g/mol. The highest BCUT2D eigenvalue weighted by atomic mass is 35.5. The summed E-state index contributed by atoms with van der Waals surface area (Å²) in [6.45, 7) is 4.51. The molecule has 2 heterocycles. The molecule has 7 heteroatoms. The second-order valence-corrected chi connectivity index (χ2v) is 5.03. The molecule has 0 aromatic carbocycles. The number of rotatable bonds is 5. The number of aromatic amines is 1. The van der Waals surface area contributed by atoms with E-state index >= 15 is 0 Å². The molecule has 2 aromatic rings. The minimum absolute atomic E-state index is 0.0102. The van der Waals surface area contributed by atoms with E-state index in [2.05, 4.69) is 23.9 Å². The summed E-state index contributed by atoms with van der Waals surface area (Å²) in [5, 5.41) is 4.45. The molecule has 108 valence electrons. The number of nitrogens with one attached hydrogen (secondary N) is 1. The van der Waals surface area contributed by atoms with Gasteiger partial charge in [0, 0.05) is 12.4 Å². The minimum atomic E-state index is -0.574. The molecule has 0 radical (unpaired) electrons. The lowest BCUT2D eigenvalue weighted by Crippen LogP contribution is -2.30. The van der Waals surface area contributed by atoms with Gasteiger partial charge in [0.25, 0.3) is 5.56 Å². The zero-order valence-electron chi connectivity index (χ0n) is 11.5. The molecule has 0 aliphatic heterocycles. The number of nitrogens with zero attached hydrogens (tertiary/aromatic N) is 3. The Labute approximate surface area is 121 Å². The highest BCUT2D eigenvalue weighted by Crippen LogP contribution is 2.14. The Hall–Kier alpha value is -1.82. The van der Waals surface area contributed by atoms with Gasteiger partial charge in [-0.05, 0) is 18.9 Å². The highest BCUT2D eigenvalue weighted by Gasteiger charge is 2.09. The van der Waals surface area contributed by atoms with Crippen molar-refractivity contribution in [2.75, 3.05) is 0 Å². The molecule has 2 rings (SSSR count). The van der Waals surface area contributed by atoms with Crippen molar-refractivity contribution in [2.24, 2.45) is 0 Å². The highest BCUT2D eigenvalue weighted by molar-refractivity contribution is 6.30. The summed E-state index contributed by atoms with van der Waals surface area (Å²) in [6.07, 6.45) is 5.24. The monoisotopic (exact) mass is 296 g/mol. The maximum Gasteiger partial charge on any atom is 0.328 e. The third-order valence-corrected chi connectivity index (χ3v) is 3.55. The Morgan fingerprint density at radius 2 is 2.05 bits per heavy atom. The lowest BCUT2D eigenvalue weighted by molar-refractivity contribution is 0.424. The van der Waals surface area contributed by atoms with Crippen LogP contribution in [0.3, 0.4) is 0 Å². The Morgan fingerprint density at radius 3 is 2.70 bits per heavy atom. The van der Waals surface area contributed by atoms with Crippen molar-refractivity contribution in [3.8, 4) is 0 Å². The number of hydrogen-bond donors (Lipinski definition) is 1. The van der Waals surface area contributed by atoms with Gasteiger partial charge in [-0.25, -0.2) is 4.79 Å². The molecule has 0 saturated heterocycles. The van der Waals surface area contributed by atoms with Gasteiger partial charge in [-0.1, -0.05) is 25.4 Å². The molecule has 2 aromatic heterocycles. The van der Waals surface area contributed by atoms with Crippen molar-refractivity contribution in [1.82, 2.24) is 19.3 Å². The van der Waals surface area contributed by atoms with Gasteiger partial charge in [0.1, 0.15) is 5.02 Å². The zero-order valence-corrected chi connectivity index (χ0v) is 12.2. The molecule has 0 fully saturated rings. The van der Waals surface area contributed by atoms with Crippen LogP contribution in [-0.2, 0) is 6.54 Å². The fourth-order valence-corrected chi connectivity index (χ4v) is 2.27. The van der Waals surface area contributed by atoms with Crippen molar-refractivity contribution in [3.63, 3.8) is 0 Å². The molecule has 6 nitrogen and oxygen atoms in total. The molecule has 0 amide bonds. The maximum atomic E-state index is 11.7. The number of aromatic nitrogens is 4. The van der Waals surface area contributed by atoms with Crippen LogP contribution in [0.25, 0.3) is 0 Å². The first-order valence-electron chi connectivity index (χ1n) is 6.58. The normalized spacial score (nSPS) is 11.2. The van der Waals surface area contributed by atoms with Crippen LogP contribution in [0.15, 0.2) is 28.0 Å². The molecule has 0 spiro atoms. The van der Waals surface area contributed by atoms with Crippen LogP contribution in [0.2, 0.25) is 5.02 Å². The fraction of sp³-hybridized carbons (Fsp3) is 0.462. The summed E-state index contributed by atoms with van der Waals surface area (Å²) in [5.41, 5.74) is -0.311. The Bertz CT molecular complexity index is 697. The molecule has 0 aliphatic rings. The van der Waals surface area contributed by atoms with E-state index in [9.17, 15) is 9.59 Å². The lowest BCUT2D eigenvalue weighted by atomic mass is 10.2. The Kier molecular flexibility index (Phi) is 4.44. The molecular formula is C13H17ClN4O2. The topological polar surface area (TPSA) is 72.7 Å². The summed E-state index contributed by atoms with van der Waals surface area (Å²) in [6, 6.07) is 2.23. The van der Waals surface area contributed by atoms with Crippen molar-refractivity contribution < 1.29 is 0 Å². The van der Waals surface area contributed by atoms with Crippen molar-refractivity contribution >= 4 is 11.6 Å². The van der Waals surface area contributed by atoms with E-state index in [0.29, 0.717) is 6.04 Å². The molecule has 0 aliphatic carbocycles. The molecule has 0 saturated carbocycles. The smallest absolute Gasteiger partial charge is 0.293 e. The molecular weight excluding hydrogens is 280 g/mol. The first-order chi connectivity index (χ1) is 9.55. The van der Waals surface area contributed by atoms with Crippen molar-refractivity contribution in [3.05, 3.63) is 50.0 Å². The SMILES string of the molecule is CCC(CC)n1ccc(Cn2cc(Cl)c(=O)[nH]c2=O)n1.